The molecule has 0 aliphatic rings. The summed E-state index contributed by atoms with van der Waals surface area (Å²) in [6.45, 7) is 3.71. The number of Topliss-reactive ketones (excluding diaryl/α,β-unsaturated/α-hetero) is 1. The number of benzene rings is 2. The van der Waals surface area contributed by atoms with E-state index >= 15 is 0 Å². The molecule has 0 aromatic heterocycles. The molecule has 0 N–H and O–H groups in total. The van der Waals surface area contributed by atoms with Crippen LogP contribution in [0.4, 0.5) is 0 Å². The molecule has 0 fully saturated rings. The molecule has 0 atom stereocenters. The minimum absolute atomic E-state index is 0.205. The van der Waals surface area contributed by atoms with Crippen molar-refractivity contribution in [3.05, 3.63) is 59.7 Å². The lowest BCUT2D eigenvalue weighted by Gasteiger charge is -2.08. The largest absolute Gasteiger partial charge is 0.300 e. The van der Waals surface area contributed by atoms with Crippen molar-refractivity contribution in [2.45, 2.75) is 20.3 Å². The zero-order valence-corrected chi connectivity index (χ0v) is 10.2. The molecule has 0 amide bonds. The number of carbonyl (C=O) groups excluding carboxylic acids is 1. The first-order valence-corrected chi connectivity index (χ1v) is 5.81. The second kappa shape index (κ2) is 4.96. The maximum atomic E-state index is 11.1. The molecule has 0 heterocycles. The van der Waals surface area contributed by atoms with Crippen molar-refractivity contribution in [2.24, 2.45) is 0 Å². The molecule has 0 saturated carbocycles. The van der Waals surface area contributed by atoms with E-state index in [2.05, 4.69) is 31.2 Å². The summed E-state index contributed by atoms with van der Waals surface area (Å²) in [6.07, 6.45) is 0.524. The standard InChI is InChI=1S/C16H16O/c1-12-10-14(11-13(2)17)8-9-16(12)15-6-4-3-5-7-15/h3-10H,11H2,1-2H3. The average molecular weight is 224 g/mol. The van der Waals surface area contributed by atoms with Gasteiger partial charge in [-0.25, -0.2) is 0 Å². The van der Waals surface area contributed by atoms with E-state index in [9.17, 15) is 4.79 Å². The normalized spacial score (nSPS) is 10.2. The Kier molecular flexibility index (Phi) is 3.38. The second-order valence-electron chi connectivity index (χ2n) is 4.39. The Balaban J connectivity index is 2.35. The molecule has 0 saturated heterocycles. The van der Waals surface area contributed by atoms with Crippen LogP contribution in [0.25, 0.3) is 11.1 Å². The van der Waals surface area contributed by atoms with Crippen molar-refractivity contribution in [2.75, 3.05) is 0 Å². The van der Waals surface area contributed by atoms with E-state index in [0.29, 0.717) is 6.42 Å². The Labute approximate surface area is 102 Å². The van der Waals surface area contributed by atoms with Gasteiger partial charge in [0.05, 0.1) is 0 Å². The highest BCUT2D eigenvalue weighted by Crippen LogP contribution is 2.24. The molecule has 2 rings (SSSR count). The van der Waals surface area contributed by atoms with Crippen LogP contribution in [0.3, 0.4) is 0 Å². The van der Waals surface area contributed by atoms with E-state index in [4.69, 9.17) is 0 Å². The molecule has 1 nitrogen and oxygen atoms in total. The minimum atomic E-state index is 0.205. The molecule has 0 radical (unpaired) electrons. The number of hydrogen-bond donors (Lipinski definition) is 0. The number of aryl methyl sites for hydroxylation is 1. The van der Waals surface area contributed by atoms with Gasteiger partial charge in [-0.05, 0) is 36.1 Å². The van der Waals surface area contributed by atoms with E-state index in [1.54, 1.807) is 6.92 Å². The average Bonchev–Trinajstić information content (AvgIpc) is 2.29. The van der Waals surface area contributed by atoms with Gasteiger partial charge < -0.3 is 0 Å². The van der Waals surface area contributed by atoms with E-state index in [-0.39, 0.29) is 5.78 Å². The number of hydrogen-bond acceptors (Lipinski definition) is 1. The van der Waals surface area contributed by atoms with Crippen LogP contribution in [0, 0.1) is 6.92 Å². The van der Waals surface area contributed by atoms with E-state index in [0.717, 1.165) is 5.56 Å². The molecular formula is C16H16O. The van der Waals surface area contributed by atoms with Crippen LogP contribution in [0.2, 0.25) is 0 Å². The molecule has 0 bridgehead atoms. The molecule has 0 aliphatic carbocycles. The Morgan fingerprint density at radius 3 is 2.35 bits per heavy atom. The van der Waals surface area contributed by atoms with Crippen LogP contribution in [-0.2, 0) is 11.2 Å². The fraction of sp³-hybridized carbons (Fsp3) is 0.188. The maximum absolute atomic E-state index is 11.1. The highest BCUT2D eigenvalue weighted by Gasteiger charge is 2.03. The summed E-state index contributed by atoms with van der Waals surface area (Å²) in [4.78, 5) is 11.1. The van der Waals surface area contributed by atoms with E-state index in [1.807, 2.05) is 24.3 Å². The summed E-state index contributed by atoms with van der Waals surface area (Å²) in [6, 6.07) is 16.5. The fourth-order valence-electron chi connectivity index (χ4n) is 2.06. The van der Waals surface area contributed by atoms with Gasteiger partial charge in [-0.2, -0.15) is 0 Å². The van der Waals surface area contributed by atoms with Gasteiger partial charge in [-0.15, -0.1) is 0 Å². The van der Waals surface area contributed by atoms with E-state index in [1.165, 1.54) is 16.7 Å². The van der Waals surface area contributed by atoms with Crippen molar-refractivity contribution in [1.29, 1.82) is 0 Å². The third kappa shape index (κ3) is 2.82. The number of rotatable bonds is 3. The third-order valence-corrected chi connectivity index (χ3v) is 2.83. The van der Waals surface area contributed by atoms with Crippen LogP contribution < -0.4 is 0 Å². The number of carbonyl (C=O) groups is 1. The smallest absolute Gasteiger partial charge is 0.134 e. The molecule has 1 heteroatoms. The molecule has 2 aromatic rings. The first-order chi connectivity index (χ1) is 8.16. The lowest BCUT2D eigenvalue weighted by atomic mass is 9.97. The van der Waals surface area contributed by atoms with Gasteiger partial charge in [-0.1, -0.05) is 48.5 Å². The summed E-state index contributed by atoms with van der Waals surface area (Å²) in [5, 5.41) is 0. The Morgan fingerprint density at radius 2 is 1.76 bits per heavy atom. The third-order valence-electron chi connectivity index (χ3n) is 2.83. The SMILES string of the molecule is CC(=O)Cc1ccc(-c2ccccc2)c(C)c1. The summed E-state index contributed by atoms with van der Waals surface area (Å²) < 4.78 is 0. The van der Waals surface area contributed by atoms with Gasteiger partial charge in [-0.3, -0.25) is 4.79 Å². The van der Waals surface area contributed by atoms with Crippen LogP contribution in [0.1, 0.15) is 18.1 Å². The van der Waals surface area contributed by atoms with Crippen molar-refractivity contribution < 1.29 is 4.79 Å². The van der Waals surface area contributed by atoms with Gasteiger partial charge >= 0.3 is 0 Å². The number of ketones is 1. The second-order valence-corrected chi connectivity index (χ2v) is 4.39. The summed E-state index contributed by atoms with van der Waals surface area (Å²) in [5.41, 5.74) is 4.77. The Hall–Kier alpha value is -1.89. The lowest BCUT2D eigenvalue weighted by Crippen LogP contribution is -1.97. The predicted molar refractivity (Wildman–Crippen MR) is 71.0 cm³/mol. The van der Waals surface area contributed by atoms with Crippen LogP contribution in [0.15, 0.2) is 48.5 Å². The zero-order valence-electron chi connectivity index (χ0n) is 10.2. The molecule has 0 aliphatic heterocycles. The van der Waals surface area contributed by atoms with Gasteiger partial charge in [0.1, 0.15) is 5.78 Å². The van der Waals surface area contributed by atoms with Crippen molar-refractivity contribution in [3.8, 4) is 11.1 Å². The zero-order chi connectivity index (χ0) is 12.3. The first-order valence-electron chi connectivity index (χ1n) is 5.81. The molecule has 2 aromatic carbocycles. The highest BCUT2D eigenvalue weighted by molar-refractivity contribution is 5.78. The van der Waals surface area contributed by atoms with Crippen LogP contribution in [0.5, 0.6) is 0 Å². The van der Waals surface area contributed by atoms with Gasteiger partial charge in [0, 0.05) is 6.42 Å². The van der Waals surface area contributed by atoms with Crippen LogP contribution in [-0.4, -0.2) is 5.78 Å². The van der Waals surface area contributed by atoms with Crippen LogP contribution >= 0.6 is 0 Å². The molecule has 86 valence electrons. The maximum Gasteiger partial charge on any atom is 0.134 e. The first kappa shape index (κ1) is 11.6. The van der Waals surface area contributed by atoms with Crippen molar-refractivity contribution >= 4 is 5.78 Å². The quantitative estimate of drug-likeness (QED) is 0.775. The summed E-state index contributed by atoms with van der Waals surface area (Å²) in [5.74, 6) is 0.205. The van der Waals surface area contributed by atoms with E-state index < -0.39 is 0 Å². The van der Waals surface area contributed by atoms with Crippen molar-refractivity contribution in [1.82, 2.24) is 0 Å². The molecular weight excluding hydrogens is 208 g/mol. The van der Waals surface area contributed by atoms with Gasteiger partial charge in [0.25, 0.3) is 0 Å². The highest BCUT2D eigenvalue weighted by atomic mass is 16.1. The van der Waals surface area contributed by atoms with Crippen molar-refractivity contribution in [3.63, 3.8) is 0 Å². The Morgan fingerprint density at radius 1 is 1.06 bits per heavy atom. The summed E-state index contributed by atoms with van der Waals surface area (Å²) in [7, 11) is 0. The predicted octanol–water partition coefficient (Wildman–Crippen LogP) is 3.79. The summed E-state index contributed by atoms with van der Waals surface area (Å²) >= 11 is 0. The molecule has 0 unspecified atom stereocenters. The van der Waals surface area contributed by atoms with Gasteiger partial charge in [0.2, 0.25) is 0 Å². The molecule has 0 spiro atoms. The minimum Gasteiger partial charge on any atom is -0.300 e. The topological polar surface area (TPSA) is 17.1 Å². The van der Waals surface area contributed by atoms with Gasteiger partial charge in [0.15, 0.2) is 0 Å². The fourth-order valence-corrected chi connectivity index (χ4v) is 2.06. The monoisotopic (exact) mass is 224 g/mol. The lowest BCUT2D eigenvalue weighted by molar-refractivity contribution is -0.116. The molecule has 17 heavy (non-hydrogen) atoms. The Bertz CT molecular complexity index is 526.